The number of rotatable bonds is 5. The number of hydrogen-bond acceptors (Lipinski definition) is 1. The number of benzene rings is 2. The van der Waals surface area contributed by atoms with Crippen molar-refractivity contribution in [1.82, 2.24) is 0 Å². The van der Waals surface area contributed by atoms with Crippen LogP contribution in [0.1, 0.15) is 50.4 Å². The van der Waals surface area contributed by atoms with Crippen LogP contribution in [0.5, 0.6) is 0 Å². The molecule has 0 saturated heterocycles. The van der Waals surface area contributed by atoms with Crippen molar-refractivity contribution in [2.24, 2.45) is 11.7 Å². The molecule has 2 aromatic carbocycles. The Morgan fingerprint density at radius 2 is 1.48 bits per heavy atom. The van der Waals surface area contributed by atoms with Crippen molar-refractivity contribution >= 4 is 0 Å². The topological polar surface area (TPSA) is 26.0 Å². The van der Waals surface area contributed by atoms with E-state index in [0.29, 0.717) is 5.92 Å². The summed E-state index contributed by atoms with van der Waals surface area (Å²) in [6.07, 6.45) is 1.12. The molecule has 1 nitrogen and oxygen atoms in total. The molecule has 0 aliphatic heterocycles. The molecular formula is C20H27N. The van der Waals surface area contributed by atoms with E-state index >= 15 is 0 Å². The van der Waals surface area contributed by atoms with Crippen LogP contribution >= 0.6 is 0 Å². The molecule has 0 saturated carbocycles. The monoisotopic (exact) mass is 281 g/mol. The van der Waals surface area contributed by atoms with Gasteiger partial charge in [-0.05, 0) is 29.0 Å². The molecule has 0 aliphatic carbocycles. The molecule has 1 atom stereocenters. The van der Waals surface area contributed by atoms with E-state index in [-0.39, 0.29) is 11.5 Å². The molecule has 0 fully saturated rings. The Balaban J connectivity index is 2.21. The highest BCUT2D eigenvalue weighted by Crippen LogP contribution is 2.35. The lowest BCUT2D eigenvalue weighted by Crippen LogP contribution is -2.33. The van der Waals surface area contributed by atoms with Crippen LogP contribution in [0.25, 0.3) is 0 Å². The SMILES string of the molecule is CC(C)Cc1ccc(C(N)C(C)(C)c2ccccc2)cc1. The Hall–Kier alpha value is -1.60. The Morgan fingerprint density at radius 1 is 0.905 bits per heavy atom. The fraction of sp³-hybridized carbons (Fsp3) is 0.400. The maximum absolute atomic E-state index is 6.56. The van der Waals surface area contributed by atoms with E-state index in [1.165, 1.54) is 16.7 Å². The minimum atomic E-state index is -0.0825. The van der Waals surface area contributed by atoms with Gasteiger partial charge in [-0.1, -0.05) is 82.3 Å². The Kier molecular flexibility index (Phi) is 4.84. The third kappa shape index (κ3) is 3.74. The summed E-state index contributed by atoms with van der Waals surface area (Å²) < 4.78 is 0. The van der Waals surface area contributed by atoms with E-state index in [2.05, 4.69) is 76.2 Å². The third-order valence-corrected chi connectivity index (χ3v) is 4.28. The summed E-state index contributed by atoms with van der Waals surface area (Å²) in [7, 11) is 0. The maximum Gasteiger partial charge on any atom is 0.0387 e. The first kappa shape index (κ1) is 15.8. The van der Waals surface area contributed by atoms with Crippen molar-refractivity contribution < 1.29 is 0 Å². The molecule has 1 unspecified atom stereocenters. The molecule has 1 heteroatoms. The van der Waals surface area contributed by atoms with E-state index in [1.54, 1.807) is 0 Å². The van der Waals surface area contributed by atoms with Gasteiger partial charge in [-0.25, -0.2) is 0 Å². The molecule has 0 bridgehead atoms. The van der Waals surface area contributed by atoms with E-state index in [1.807, 2.05) is 6.07 Å². The maximum atomic E-state index is 6.56. The lowest BCUT2D eigenvalue weighted by Gasteiger charge is -2.32. The highest BCUT2D eigenvalue weighted by atomic mass is 14.7. The van der Waals surface area contributed by atoms with Crippen molar-refractivity contribution in [2.45, 2.75) is 45.6 Å². The fourth-order valence-corrected chi connectivity index (χ4v) is 2.80. The Labute approximate surface area is 129 Å². The van der Waals surface area contributed by atoms with E-state index in [4.69, 9.17) is 5.73 Å². The minimum absolute atomic E-state index is 0.00648. The van der Waals surface area contributed by atoms with Crippen molar-refractivity contribution in [3.63, 3.8) is 0 Å². The van der Waals surface area contributed by atoms with Crippen molar-refractivity contribution in [1.29, 1.82) is 0 Å². The fourth-order valence-electron chi connectivity index (χ4n) is 2.80. The van der Waals surface area contributed by atoms with Crippen LogP contribution in [-0.2, 0) is 11.8 Å². The summed E-state index contributed by atoms with van der Waals surface area (Å²) >= 11 is 0. The summed E-state index contributed by atoms with van der Waals surface area (Å²) in [4.78, 5) is 0. The quantitative estimate of drug-likeness (QED) is 0.832. The molecule has 0 heterocycles. The second-order valence-corrected chi connectivity index (χ2v) is 6.90. The largest absolute Gasteiger partial charge is 0.323 e. The molecule has 2 rings (SSSR count). The van der Waals surface area contributed by atoms with Gasteiger partial charge in [-0.15, -0.1) is 0 Å². The predicted octanol–water partition coefficient (Wildman–Crippen LogP) is 4.86. The number of hydrogen-bond donors (Lipinski definition) is 1. The van der Waals surface area contributed by atoms with Gasteiger partial charge >= 0.3 is 0 Å². The van der Waals surface area contributed by atoms with Crippen molar-refractivity contribution in [2.75, 3.05) is 0 Å². The van der Waals surface area contributed by atoms with Gasteiger partial charge in [-0.3, -0.25) is 0 Å². The Bertz CT molecular complexity index is 552. The second-order valence-electron chi connectivity index (χ2n) is 6.90. The number of nitrogens with two attached hydrogens (primary N) is 1. The molecule has 0 spiro atoms. The standard InChI is InChI=1S/C20H27N/c1-15(2)14-16-10-12-17(13-11-16)19(21)20(3,4)18-8-6-5-7-9-18/h5-13,15,19H,14,21H2,1-4H3. The van der Waals surface area contributed by atoms with Crippen LogP contribution in [-0.4, -0.2) is 0 Å². The summed E-state index contributed by atoms with van der Waals surface area (Å²) in [5, 5.41) is 0. The molecule has 0 amide bonds. The van der Waals surface area contributed by atoms with E-state index in [9.17, 15) is 0 Å². The molecule has 2 aromatic rings. The second kappa shape index (κ2) is 6.44. The van der Waals surface area contributed by atoms with Crippen LogP contribution in [0.3, 0.4) is 0 Å². The highest BCUT2D eigenvalue weighted by molar-refractivity contribution is 5.33. The average Bonchev–Trinajstić information content (AvgIpc) is 2.47. The van der Waals surface area contributed by atoms with Crippen LogP contribution in [0.4, 0.5) is 0 Å². The van der Waals surface area contributed by atoms with Crippen LogP contribution < -0.4 is 5.73 Å². The molecule has 0 aromatic heterocycles. The zero-order valence-electron chi connectivity index (χ0n) is 13.6. The van der Waals surface area contributed by atoms with Gasteiger partial charge < -0.3 is 5.73 Å². The van der Waals surface area contributed by atoms with Gasteiger partial charge in [0.25, 0.3) is 0 Å². The molecule has 21 heavy (non-hydrogen) atoms. The first-order valence-electron chi connectivity index (χ1n) is 7.81. The minimum Gasteiger partial charge on any atom is -0.323 e. The summed E-state index contributed by atoms with van der Waals surface area (Å²) in [5.74, 6) is 0.685. The van der Waals surface area contributed by atoms with E-state index < -0.39 is 0 Å². The van der Waals surface area contributed by atoms with Crippen LogP contribution in [0, 0.1) is 5.92 Å². The first-order chi connectivity index (χ1) is 9.91. The average molecular weight is 281 g/mol. The lowest BCUT2D eigenvalue weighted by molar-refractivity contribution is 0.420. The van der Waals surface area contributed by atoms with Crippen LogP contribution in [0.2, 0.25) is 0 Å². The van der Waals surface area contributed by atoms with Crippen LogP contribution in [0.15, 0.2) is 54.6 Å². The molecule has 112 valence electrons. The first-order valence-corrected chi connectivity index (χ1v) is 7.81. The van der Waals surface area contributed by atoms with Gasteiger partial charge in [0.2, 0.25) is 0 Å². The molecule has 0 aliphatic rings. The van der Waals surface area contributed by atoms with Gasteiger partial charge in [0.05, 0.1) is 0 Å². The lowest BCUT2D eigenvalue weighted by atomic mass is 9.75. The summed E-state index contributed by atoms with van der Waals surface area (Å²) in [6, 6.07) is 19.3. The van der Waals surface area contributed by atoms with Crippen molar-refractivity contribution in [3.05, 3.63) is 71.3 Å². The highest BCUT2D eigenvalue weighted by Gasteiger charge is 2.29. The molecular weight excluding hydrogens is 254 g/mol. The Morgan fingerprint density at radius 3 is 2.00 bits per heavy atom. The third-order valence-electron chi connectivity index (χ3n) is 4.28. The summed E-state index contributed by atoms with van der Waals surface area (Å²) in [6.45, 7) is 8.93. The van der Waals surface area contributed by atoms with Gasteiger partial charge in [-0.2, -0.15) is 0 Å². The smallest absolute Gasteiger partial charge is 0.0387 e. The zero-order chi connectivity index (χ0) is 15.5. The molecule has 2 N–H and O–H groups in total. The van der Waals surface area contributed by atoms with Gasteiger partial charge in [0.1, 0.15) is 0 Å². The van der Waals surface area contributed by atoms with Gasteiger partial charge in [0.15, 0.2) is 0 Å². The van der Waals surface area contributed by atoms with Gasteiger partial charge in [0, 0.05) is 11.5 Å². The van der Waals surface area contributed by atoms with Crippen molar-refractivity contribution in [3.8, 4) is 0 Å². The summed E-state index contributed by atoms with van der Waals surface area (Å²) in [5.41, 5.74) is 10.3. The predicted molar refractivity (Wildman–Crippen MR) is 91.4 cm³/mol. The molecule has 0 radical (unpaired) electrons. The zero-order valence-corrected chi connectivity index (χ0v) is 13.6. The normalized spacial score (nSPS) is 13.4. The van der Waals surface area contributed by atoms with E-state index in [0.717, 1.165) is 6.42 Å².